The van der Waals surface area contributed by atoms with Crippen LogP contribution in [0.3, 0.4) is 0 Å². The van der Waals surface area contributed by atoms with Gasteiger partial charge in [0.15, 0.2) is 0 Å². The Labute approximate surface area is 137 Å². The third kappa shape index (κ3) is 6.18. The van der Waals surface area contributed by atoms with Crippen LogP contribution in [-0.4, -0.2) is 24.3 Å². The smallest absolute Gasteiger partial charge is 0.407 e. The number of ether oxygens (including phenoxy) is 1. The maximum Gasteiger partial charge on any atom is 0.407 e. The first kappa shape index (κ1) is 17.7. The van der Waals surface area contributed by atoms with Crippen LogP contribution in [0.2, 0.25) is 0 Å². The van der Waals surface area contributed by atoms with Crippen molar-refractivity contribution in [3.63, 3.8) is 0 Å². The minimum Gasteiger partial charge on any atom is -0.444 e. The Morgan fingerprint density at radius 2 is 2.09 bits per heavy atom. The fraction of sp³-hybridized carbons (Fsp3) is 0.611. The molecule has 0 heterocycles. The molecule has 2 N–H and O–H groups in total. The molecule has 0 saturated heterocycles. The number of carbonyl (C=O) groups excluding carboxylic acids is 1. The predicted molar refractivity (Wildman–Crippen MR) is 88.7 cm³/mol. The standard InChI is InChI=1S/C18H27FN2O2/c1-12-5-8-15(19)9-14(12)10-20-11-16(13-6-7-13)21-17(22)23-18(2,3)4/h5,8-9,13,16,20H,6-7,10-11H2,1-4H3,(H,21,22). The number of hydrogen-bond donors (Lipinski definition) is 2. The molecule has 1 fully saturated rings. The van der Waals surface area contributed by atoms with Gasteiger partial charge < -0.3 is 15.4 Å². The lowest BCUT2D eigenvalue weighted by Gasteiger charge is -2.24. The predicted octanol–water partition coefficient (Wildman–Crippen LogP) is 3.53. The van der Waals surface area contributed by atoms with E-state index in [1.807, 2.05) is 27.7 Å². The van der Waals surface area contributed by atoms with Crippen molar-refractivity contribution in [2.75, 3.05) is 6.54 Å². The Morgan fingerprint density at radius 3 is 2.70 bits per heavy atom. The first-order valence-corrected chi connectivity index (χ1v) is 8.20. The molecule has 1 aromatic rings. The van der Waals surface area contributed by atoms with Crippen LogP contribution >= 0.6 is 0 Å². The first-order valence-electron chi connectivity index (χ1n) is 8.20. The Morgan fingerprint density at radius 1 is 1.39 bits per heavy atom. The van der Waals surface area contributed by atoms with E-state index in [4.69, 9.17) is 4.74 Å². The summed E-state index contributed by atoms with van der Waals surface area (Å²) < 4.78 is 18.6. The van der Waals surface area contributed by atoms with Gasteiger partial charge in [-0.15, -0.1) is 0 Å². The molecule has 1 aliphatic carbocycles. The van der Waals surface area contributed by atoms with Crippen LogP contribution in [0, 0.1) is 18.7 Å². The number of rotatable bonds is 6. The van der Waals surface area contributed by atoms with E-state index < -0.39 is 5.60 Å². The number of halogens is 1. The van der Waals surface area contributed by atoms with Crippen molar-refractivity contribution >= 4 is 6.09 Å². The lowest BCUT2D eigenvalue weighted by molar-refractivity contribution is 0.0497. The minimum atomic E-state index is -0.496. The number of alkyl carbamates (subject to hydrolysis) is 1. The molecule has 0 aliphatic heterocycles. The molecule has 0 spiro atoms. The summed E-state index contributed by atoms with van der Waals surface area (Å²) >= 11 is 0. The fourth-order valence-electron chi connectivity index (χ4n) is 2.49. The highest BCUT2D eigenvalue weighted by Gasteiger charge is 2.33. The molecule has 4 nitrogen and oxygen atoms in total. The molecule has 0 aromatic heterocycles. The van der Waals surface area contributed by atoms with E-state index >= 15 is 0 Å². The molecule has 1 aliphatic rings. The summed E-state index contributed by atoms with van der Waals surface area (Å²) in [4.78, 5) is 11.9. The zero-order valence-corrected chi connectivity index (χ0v) is 14.4. The van der Waals surface area contributed by atoms with Crippen LogP contribution < -0.4 is 10.6 Å². The van der Waals surface area contributed by atoms with Crippen LogP contribution in [0.25, 0.3) is 0 Å². The van der Waals surface area contributed by atoms with E-state index in [0.717, 1.165) is 24.0 Å². The van der Waals surface area contributed by atoms with E-state index in [2.05, 4.69) is 10.6 Å². The van der Waals surface area contributed by atoms with Gasteiger partial charge in [-0.1, -0.05) is 6.07 Å². The Kier molecular flexibility index (Phi) is 5.63. The zero-order valence-electron chi connectivity index (χ0n) is 14.4. The van der Waals surface area contributed by atoms with Crippen LogP contribution in [0.5, 0.6) is 0 Å². The highest BCUT2D eigenvalue weighted by molar-refractivity contribution is 5.68. The lowest BCUT2D eigenvalue weighted by Crippen LogP contribution is -2.45. The van der Waals surface area contributed by atoms with Crippen molar-refractivity contribution < 1.29 is 13.9 Å². The van der Waals surface area contributed by atoms with Crippen molar-refractivity contribution in [1.29, 1.82) is 0 Å². The van der Waals surface area contributed by atoms with Crippen LogP contribution in [0.15, 0.2) is 18.2 Å². The summed E-state index contributed by atoms with van der Waals surface area (Å²) in [5.41, 5.74) is 1.50. The topological polar surface area (TPSA) is 50.4 Å². The summed E-state index contributed by atoms with van der Waals surface area (Å²) in [6.07, 6.45) is 1.88. The maximum atomic E-state index is 13.3. The molecule has 128 valence electrons. The molecule has 1 unspecified atom stereocenters. The second-order valence-corrected chi connectivity index (χ2v) is 7.29. The molecule has 1 amide bonds. The summed E-state index contributed by atoms with van der Waals surface area (Å²) in [7, 11) is 0. The highest BCUT2D eigenvalue weighted by Crippen LogP contribution is 2.32. The van der Waals surface area contributed by atoms with Crippen molar-refractivity contribution in [2.45, 2.75) is 58.7 Å². The molecule has 0 bridgehead atoms. The lowest BCUT2D eigenvalue weighted by atomic mass is 10.1. The number of hydrogen-bond acceptors (Lipinski definition) is 3. The van der Waals surface area contributed by atoms with Gasteiger partial charge in [0.1, 0.15) is 11.4 Å². The van der Waals surface area contributed by atoms with E-state index in [-0.39, 0.29) is 18.0 Å². The second-order valence-electron chi connectivity index (χ2n) is 7.29. The van der Waals surface area contributed by atoms with Gasteiger partial charge in [-0.3, -0.25) is 0 Å². The van der Waals surface area contributed by atoms with E-state index in [1.165, 1.54) is 6.07 Å². The van der Waals surface area contributed by atoms with Crippen LogP contribution in [0.1, 0.15) is 44.7 Å². The van der Waals surface area contributed by atoms with Gasteiger partial charge >= 0.3 is 6.09 Å². The third-order valence-corrected chi connectivity index (χ3v) is 3.88. The Hall–Kier alpha value is -1.62. The molecule has 5 heteroatoms. The van der Waals surface area contributed by atoms with Gasteiger partial charge in [0.05, 0.1) is 0 Å². The Balaban J connectivity index is 1.83. The third-order valence-electron chi connectivity index (χ3n) is 3.88. The number of amides is 1. The van der Waals surface area contributed by atoms with Gasteiger partial charge in [-0.2, -0.15) is 0 Å². The summed E-state index contributed by atoms with van der Waals surface area (Å²) in [5.74, 6) is 0.279. The number of aryl methyl sites for hydroxylation is 1. The van der Waals surface area contributed by atoms with Gasteiger partial charge in [0.2, 0.25) is 0 Å². The van der Waals surface area contributed by atoms with Crippen molar-refractivity contribution in [3.8, 4) is 0 Å². The molecular weight excluding hydrogens is 295 g/mol. The SMILES string of the molecule is Cc1ccc(F)cc1CNCC(NC(=O)OC(C)(C)C)C1CC1. The normalized spacial score (nSPS) is 16.0. The number of carbonyl (C=O) groups is 1. The van der Waals surface area contributed by atoms with E-state index in [1.54, 1.807) is 12.1 Å². The summed E-state index contributed by atoms with van der Waals surface area (Å²) in [6.45, 7) is 8.76. The highest BCUT2D eigenvalue weighted by atomic mass is 19.1. The van der Waals surface area contributed by atoms with Gasteiger partial charge in [-0.25, -0.2) is 9.18 Å². The molecule has 23 heavy (non-hydrogen) atoms. The number of benzene rings is 1. The van der Waals surface area contributed by atoms with Crippen LogP contribution in [0.4, 0.5) is 9.18 Å². The van der Waals surface area contributed by atoms with Crippen LogP contribution in [-0.2, 0) is 11.3 Å². The Bertz CT molecular complexity index is 550. The molecule has 2 rings (SSSR count). The fourth-order valence-corrected chi connectivity index (χ4v) is 2.49. The van der Waals surface area contributed by atoms with Gasteiger partial charge in [0, 0.05) is 19.1 Å². The average Bonchev–Trinajstić information content (AvgIpc) is 3.24. The van der Waals surface area contributed by atoms with Crippen molar-refractivity contribution in [3.05, 3.63) is 35.1 Å². The molecule has 0 radical (unpaired) electrons. The zero-order chi connectivity index (χ0) is 17.0. The summed E-state index contributed by atoms with van der Waals surface area (Å²) in [6, 6.07) is 4.86. The van der Waals surface area contributed by atoms with Gasteiger partial charge in [0.25, 0.3) is 0 Å². The largest absolute Gasteiger partial charge is 0.444 e. The minimum absolute atomic E-state index is 0.0544. The summed E-state index contributed by atoms with van der Waals surface area (Å²) in [5, 5.41) is 6.27. The monoisotopic (exact) mass is 322 g/mol. The average molecular weight is 322 g/mol. The maximum absolute atomic E-state index is 13.3. The number of nitrogens with one attached hydrogen (secondary N) is 2. The van der Waals surface area contributed by atoms with Crippen molar-refractivity contribution in [1.82, 2.24) is 10.6 Å². The molecule has 1 saturated carbocycles. The second kappa shape index (κ2) is 7.30. The van der Waals surface area contributed by atoms with E-state index in [9.17, 15) is 9.18 Å². The molecule has 1 aromatic carbocycles. The first-order chi connectivity index (χ1) is 10.7. The molecule has 1 atom stereocenters. The quantitative estimate of drug-likeness (QED) is 0.842. The van der Waals surface area contributed by atoms with E-state index in [0.29, 0.717) is 19.0 Å². The molecular formula is C18H27FN2O2. The van der Waals surface area contributed by atoms with Crippen molar-refractivity contribution in [2.24, 2.45) is 5.92 Å². The van der Waals surface area contributed by atoms with Gasteiger partial charge in [-0.05, 0) is 69.7 Å².